The lowest BCUT2D eigenvalue weighted by atomic mass is 10.0. The first-order valence-corrected chi connectivity index (χ1v) is 8.61. The van der Waals surface area contributed by atoms with Gasteiger partial charge in [-0.15, -0.1) is 0 Å². The van der Waals surface area contributed by atoms with E-state index in [-0.39, 0.29) is 12.2 Å². The molecule has 1 aromatic carbocycles. The maximum absolute atomic E-state index is 13.1. The number of anilines is 1. The Morgan fingerprint density at radius 3 is 2.79 bits per heavy atom. The van der Waals surface area contributed by atoms with Crippen molar-refractivity contribution in [2.24, 2.45) is 0 Å². The van der Waals surface area contributed by atoms with Gasteiger partial charge in [0.15, 0.2) is 5.60 Å². The highest BCUT2D eigenvalue weighted by molar-refractivity contribution is 5.96. The molecule has 1 aliphatic carbocycles. The summed E-state index contributed by atoms with van der Waals surface area (Å²) in [7, 11) is 0. The number of allylic oxidation sites excluding steroid dienone is 1. The third-order valence-electron chi connectivity index (χ3n) is 4.63. The number of rotatable bonds is 4. The molecule has 0 spiro atoms. The quantitative estimate of drug-likeness (QED) is 0.837. The minimum absolute atomic E-state index is 0.0373. The number of hydrogen-bond acceptors (Lipinski definition) is 3. The van der Waals surface area contributed by atoms with Crippen LogP contribution < -0.4 is 5.32 Å². The van der Waals surface area contributed by atoms with Gasteiger partial charge in [-0.1, -0.05) is 12.2 Å². The molecule has 3 rings (SSSR count). The molecule has 1 heterocycles. The largest absolute Gasteiger partial charge is 0.417 e. The highest BCUT2D eigenvalue weighted by Gasteiger charge is 2.35. The fourth-order valence-electron chi connectivity index (χ4n) is 3.16. The van der Waals surface area contributed by atoms with Gasteiger partial charge in [0, 0.05) is 17.6 Å². The van der Waals surface area contributed by atoms with Crippen LogP contribution in [0.3, 0.4) is 0 Å². The Balaban J connectivity index is 1.79. The van der Waals surface area contributed by atoms with Crippen molar-refractivity contribution in [1.29, 1.82) is 5.26 Å². The lowest BCUT2D eigenvalue weighted by Gasteiger charge is -2.25. The first-order valence-electron chi connectivity index (χ1n) is 8.61. The number of nitrogens with zero attached hydrogens (tertiary/aromatic N) is 2. The monoisotopic (exact) mass is 389 g/mol. The summed E-state index contributed by atoms with van der Waals surface area (Å²) in [5.41, 5.74) is -1.66. The molecule has 0 saturated carbocycles. The van der Waals surface area contributed by atoms with Gasteiger partial charge in [-0.3, -0.25) is 4.79 Å². The van der Waals surface area contributed by atoms with Gasteiger partial charge in [-0.05, 0) is 49.6 Å². The van der Waals surface area contributed by atoms with Crippen molar-refractivity contribution in [1.82, 2.24) is 4.57 Å². The Bertz CT molecular complexity index is 982. The predicted molar refractivity (Wildman–Crippen MR) is 97.2 cm³/mol. The molecule has 1 aromatic heterocycles. The Labute approximate surface area is 159 Å². The van der Waals surface area contributed by atoms with Gasteiger partial charge in [-0.2, -0.15) is 18.4 Å². The molecule has 1 amide bonds. The van der Waals surface area contributed by atoms with E-state index in [9.17, 15) is 23.1 Å². The van der Waals surface area contributed by atoms with Crippen molar-refractivity contribution in [2.75, 3.05) is 5.32 Å². The minimum atomic E-state index is -4.73. The second kappa shape index (κ2) is 7.17. The minimum Gasteiger partial charge on any atom is -0.378 e. The van der Waals surface area contributed by atoms with Crippen molar-refractivity contribution in [3.63, 3.8) is 0 Å². The molecule has 1 unspecified atom stereocenters. The Hall–Kier alpha value is -3.05. The van der Waals surface area contributed by atoms with Crippen LogP contribution in [0.15, 0.2) is 36.5 Å². The number of alkyl halides is 3. The number of carbonyl (C=O) groups excluding carboxylic acids is 1. The van der Waals surface area contributed by atoms with Crippen LogP contribution >= 0.6 is 0 Å². The summed E-state index contributed by atoms with van der Waals surface area (Å²) in [5, 5.41) is 21.8. The molecule has 8 heteroatoms. The van der Waals surface area contributed by atoms with Crippen LogP contribution in [0.1, 0.15) is 35.7 Å². The summed E-state index contributed by atoms with van der Waals surface area (Å²) in [6, 6.07) is 6.24. The maximum Gasteiger partial charge on any atom is 0.417 e. The number of nitriles is 1. The Morgan fingerprint density at radius 1 is 1.36 bits per heavy atom. The standard InChI is InChI=1S/C20H18F3N3O2/c1-19(28,12-26-9-8-13-4-2-3-5-17(13)26)18(27)25-15-7-6-14(11-24)16(10-15)20(21,22)23/h2,4,6-10,28H,3,5,12H2,1H3,(H,25,27). The first kappa shape index (κ1) is 19.7. The highest BCUT2D eigenvalue weighted by atomic mass is 19.4. The molecule has 5 nitrogen and oxygen atoms in total. The van der Waals surface area contributed by atoms with Crippen molar-refractivity contribution in [3.8, 4) is 6.07 Å². The Kier molecular flexibility index (Phi) is 5.04. The molecule has 28 heavy (non-hydrogen) atoms. The van der Waals surface area contributed by atoms with E-state index in [1.807, 2.05) is 18.2 Å². The number of halogens is 3. The van der Waals surface area contributed by atoms with Crippen LogP contribution in [0.5, 0.6) is 0 Å². The second-order valence-electron chi connectivity index (χ2n) is 6.88. The molecular weight excluding hydrogens is 371 g/mol. The van der Waals surface area contributed by atoms with Gasteiger partial charge in [0.1, 0.15) is 0 Å². The number of fused-ring (bicyclic) bond motifs is 1. The average Bonchev–Trinajstić information content (AvgIpc) is 3.03. The van der Waals surface area contributed by atoms with E-state index in [2.05, 4.69) is 5.32 Å². The van der Waals surface area contributed by atoms with Crippen molar-refractivity contribution in [2.45, 2.75) is 38.1 Å². The fourth-order valence-corrected chi connectivity index (χ4v) is 3.16. The fraction of sp³-hybridized carbons (Fsp3) is 0.300. The molecule has 0 fully saturated rings. The van der Waals surface area contributed by atoms with Crippen LogP contribution in [0.4, 0.5) is 18.9 Å². The van der Waals surface area contributed by atoms with Crippen molar-refractivity contribution < 1.29 is 23.1 Å². The molecule has 0 bridgehead atoms. The number of aliphatic hydroxyl groups is 1. The first-order chi connectivity index (χ1) is 13.1. The smallest absolute Gasteiger partial charge is 0.378 e. The summed E-state index contributed by atoms with van der Waals surface area (Å²) < 4.78 is 41.0. The van der Waals surface area contributed by atoms with Gasteiger partial charge in [-0.25, -0.2) is 0 Å². The third-order valence-corrected chi connectivity index (χ3v) is 4.63. The van der Waals surface area contributed by atoms with Gasteiger partial charge < -0.3 is 15.0 Å². The molecular formula is C20H18F3N3O2. The molecule has 146 valence electrons. The molecule has 2 aromatic rings. The second-order valence-corrected chi connectivity index (χ2v) is 6.88. The van der Waals surface area contributed by atoms with Crippen LogP contribution in [0.2, 0.25) is 0 Å². The van der Waals surface area contributed by atoms with Crippen molar-refractivity contribution >= 4 is 17.7 Å². The summed E-state index contributed by atoms with van der Waals surface area (Å²) in [6.45, 7) is 1.27. The molecule has 0 saturated heterocycles. The summed E-state index contributed by atoms with van der Waals surface area (Å²) in [4.78, 5) is 12.5. The van der Waals surface area contributed by atoms with Crippen LogP contribution in [0.25, 0.3) is 6.08 Å². The highest BCUT2D eigenvalue weighted by Crippen LogP contribution is 2.33. The summed E-state index contributed by atoms with van der Waals surface area (Å²) in [6.07, 6.45) is 2.69. The molecule has 1 aliphatic rings. The zero-order valence-electron chi connectivity index (χ0n) is 15.0. The van der Waals surface area contributed by atoms with Crippen LogP contribution in [-0.4, -0.2) is 21.2 Å². The van der Waals surface area contributed by atoms with E-state index in [1.165, 1.54) is 19.1 Å². The SMILES string of the molecule is CC(O)(Cn1ccc2c1CCC=C2)C(=O)Nc1ccc(C#N)c(C(F)(F)F)c1. The topological polar surface area (TPSA) is 78.1 Å². The molecule has 0 aliphatic heterocycles. The normalized spacial score (nSPS) is 15.4. The predicted octanol–water partition coefficient (Wildman–Crippen LogP) is 3.73. The van der Waals surface area contributed by atoms with Crippen molar-refractivity contribution in [3.05, 3.63) is 58.9 Å². The van der Waals surface area contributed by atoms with E-state index >= 15 is 0 Å². The van der Waals surface area contributed by atoms with Gasteiger partial charge >= 0.3 is 6.18 Å². The lowest BCUT2D eigenvalue weighted by Crippen LogP contribution is -2.44. The molecule has 1 atom stereocenters. The zero-order valence-corrected chi connectivity index (χ0v) is 15.0. The lowest BCUT2D eigenvalue weighted by molar-refractivity contribution is -0.138. The van der Waals surface area contributed by atoms with Gasteiger partial charge in [0.05, 0.1) is 23.7 Å². The zero-order chi connectivity index (χ0) is 20.5. The van der Waals surface area contributed by atoms with Gasteiger partial charge in [0.2, 0.25) is 0 Å². The Morgan fingerprint density at radius 2 is 2.11 bits per heavy atom. The number of carbonyl (C=O) groups is 1. The van der Waals surface area contributed by atoms with E-state index in [0.29, 0.717) is 6.07 Å². The van der Waals surface area contributed by atoms with E-state index in [0.717, 1.165) is 30.2 Å². The number of aromatic nitrogens is 1. The number of nitrogens with one attached hydrogen (secondary N) is 1. The molecule has 2 N–H and O–H groups in total. The van der Waals surface area contributed by atoms with Gasteiger partial charge in [0.25, 0.3) is 5.91 Å². The third kappa shape index (κ3) is 3.94. The van der Waals surface area contributed by atoms with E-state index in [1.54, 1.807) is 10.8 Å². The molecule has 0 radical (unpaired) electrons. The number of benzene rings is 1. The van der Waals surface area contributed by atoms with Crippen LogP contribution in [-0.2, 0) is 23.9 Å². The number of hydrogen-bond donors (Lipinski definition) is 2. The summed E-state index contributed by atoms with van der Waals surface area (Å²) >= 11 is 0. The average molecular weight is 389 g/mol. The maximum atomic E-state index is 13.1. The summed E-state index contributed by atoms with van der Waals surface area (Å²) in [5.74, 6) is -0.834. The van der Waals surface area contributed by atoms with E-state index in [4.69, 9.17) is 5.26 Å². The van der Waals surface area contributed by atoms with E-state index < -0.39 is 28.8 Å². The van der Waals surface area contributed by atoms with Crippen LogP contribution in [0, 0.1) is 11.3 Å². The number of amides is 1.